The van der Waals surface area contributed by atoms with Gasteiger partial charge in [0, 0.05) is 17.1 Å². The largest absolute Gasteiger partial charge is 0.478 e. The number of rotatable bonds is 5. The van der Waals surface area contributed by atoms with Gasteiger partial charge < -0.3 is 23.7 Å². The van der Waals surface area contributed by atoms with Gasteiger partial charge in [0.15, 0.2) is 0 Å². The Balaban J connectivity index is 0. The number of carboxylic acid groups (broad SMARTS) is 1. The monoisotopic (exact) mass is 782 g/mol. The summed E-state index contributed by atoms with van der Waals surface area (Å²) >= 11 is 3.19. The molecule has 0 aliphatic heterocycles. The number of hydrogen-bond acceptors (Lipinski definition) is 11. The van der Waals surface area contributed by atoms with Gasteiger partial charge in [-0.15, -0.1) is 12.4 Å². The maximum atomic E-state index is 11.8. The fourth-order valence-corrected chi connectivity index (χ4v) is 5.30. The van der Waals surface area contributed by atoms with E-state index in [-0.39, 0.29) is 23.9 Å². The molecule has 0 aliphatic rings. The normalized spacial score (nSPS) is 10.2. The molecule has 0 atom stereocenters. The van der Waals surface area contributed by atoms with Crippen molar-refractivity contribution < 1.29 is 42.7 Å². The number of halogens is 2. The van der Waals surface area contributed by atoms with Crippen LogP contribution in [-0.2, 0) is 23.2 Å². The number of aromatic carboxylic acids is 1. The molecule has 3 heterocycles. The molecule has 3 aromatic rings. The summed E-state index contributed by atoms with van der Waals surface area (Å²) < 4.78 is 42.9. The summed E-state index contributed by atoms with van der Waals surface area (Å²) in [6.07, 6.45) is 0. The number of carboxylic acids is 1. The number of esters is 2. The summed E-state index contributed by atoms with van der Waals surface area (Å²) in [5.41, 5.74) is 3.89. The van der Waals surface area contributed by atoms with Crippen LogP contribution < -0.4 is 10.9 Å². The number of ether oxygens (including phenoxy) is 2. The SMILES string of the molecule is COC(=O)c1cc(C)nc(Br)c1.COC(=O)c1cc(C)nc(P(C)(C)=O)c1.C[P+](C)=O.Cc1cc(C(=O)O)cc(P(C)(C)=O)n1.Cl. The molecule has 0 bridgehead atoms. The fourth-order valence-electron chi connectivity index (χ4n) is 3.08. The molecule has 0 spiro atoms. The Morgan fingerprint density at radius 3 is 1.30 bits per heavy atom. The third-order valence-electron chi connectivity index (χ3n) is 4.99. The van der Waals surface area contributed by atoms with Crippen molar-refractivity contribution in [2.24, 2.45) is 0 Å². The van der Waals surface area contributed by atoms with Gasteiger partial charge in [0.25, 0.3) is 0 Å². The first-order valence-corrected chi connectivity index (χ1v) is 21.1. The molecule has 0 aromatic carbocycles. The number of aromatic nitrogens is 3. The summed E-state index contributed by atoms with van der Waals surface area (Å²) in [6, 6.07) is 9.28. The third kappa shape index (κ3) is 17.8. The molecule has 0 amide bonds. The highest BCUT2D eigenvalue weighted by atomic mass is 79.9. The summed E-state index contributed by atoms with van der Waals surface area (Å²) in [6.45, 7) is 15.0. The molecule has 12 nitrogen and oxygen atoms in total. The Morgan fingerprint density at radius 1 is 0.696 bits per heavy atom. The van der Waals surface area contributed by atoms with Crippen LogP contribution in [0.1, 0.15) is 48.2 Å². The molecule has 3 aromatic heterocycles. The number of nitrogens with zero attached hydrogens (tertiary/aromatic N) is 3. The second kappa shape index (κ2) is 20.4. The van der Waals surface area contributed by atoms with Crippen LogP contribution in [0.5, 0.6) is 0 Å². The fraction of sp³-hybridized carbons (Fsp3) is 0.379. The van der Waals surface area contributed by atoms with Gasteiger partial charge in [0.05, 0.1) is 30.9 Å². The van der Waals surface area contributed by atoms with Gasteiger partial charge in [-0.2, -0.15) is 0 Å². The molecule has 0 aliphatic carbocycles. The van der Waals surface area contributed by atoms with E-state index < -0.39 is 34.0 Å². The van der Waals surface area contributed by atoms with Crippen LogP contribution in [0.4, 0.5) is 0 Å². The van der Waals surface area contributed by atoms with Crippen molar-refractivity contribution in [3.8, 4) is 0 Å². The van der Waals surface area contributed by atoms with E-state index in [1.165, 1.54) is 32.4 Å². The summed E-state index contributed by atoms with van der Waals surface area (Å²) in [7, 11) is -3.13. The van der Waals surface area contributed by atoms with E-state index in [1.54, 1.807) is 72.0 Å². The van der Waals surface area contributed by atoms with E-state index >= 15 is 0 Å². The van der Waals surface area contributed by atoms with Crippen LogP contribution in [0.15, 0.2) is 41.0 Å². The van der Waals surface area contributed by atoms with Crippen LogP contribution in [0, 0.1) is 20.8 Å². The molecule has 254 valence electrons. The summed E-state index contributed by atoms with van der Waals surface area (Å²) in [4.78, 5) is 45.3. The standard InChI is InChI=1S/C10H14NO3P.C9H12NO3P.C8H8BrNO2.C2H6OP.ClH/c1-7-5-8(10(12)14-2)6-9(11-7)15(3,4)13;1-6-4-7(9(11)12)5-8(10-6)14(2,3)13;1-5-3-6(8(11)12-2)4-7(9)10-5;1-4(2)3;/h5-6H,1-4H3;4-5H,1-3H3,(H,11,12);3-4H,1-2H3;1-2H3;1H/q;;;+1;. The lowest BCUT2D eigenvalue weighted by atomic mass is 10.2. The Bertz CT molecular complexity index is 1620. The Kier molecular flexibility index (Phi) is 20.1. The molecule has 0 saturated heterocycles. The van der Waals surface area contributed by atoms with Crippen molar-refractivity contribution in [2.45, 2.75) is 20.8 Å². The van der Waals surface area contributed by atoms with Gasteiger partial charge in [-0.3, -0.25) is 9.97 Å². The maximum absolute atomic E-state index is 11.8. The zero-order chi connectivity index (χ0) is 35.3. The zero-order valence-electron chi connectivity index (χ0n) is 27.6. The Hall–Kier alpha value is -2.81. The van der Waals surface area contributed by atoms with Crippen LogP contribution >= 0.6 is 50.4 Å². The minimum Gasteiger partial charge on any atom is -0.478 e. The van der Waals surface area contributed by atoms with Crippen molar-refractivity contribution in [2.75, 3.05) is 54.2 Å². The van der Waals surface area contributed by atoms with E-state index in [2.05, 4.69) is 40.4 Å². The highest BCUT2D eigenvalue weighted by Crippen LogP contribution is 2.34. The predicted molar refractivity (Wildman–Crippen MR) is 189 cm³/mol. The summed E-state index contributed by atoms with van der Waals surface area (Å²) in [5, 5.41) is 8.78. The average molecular weight is 784 g/mol. The van der Waals surface area contributed by atoms with Crippen LogP contribution in [0.2, 0.25) is 0 Å². The molecular formula is C29H41BrClN3O9P3+. The quantitative estimate of drug-likeness (QED) is 0.176. The van der Waals surface area contributed by atoms with Gasteiger partial charge in [-0.1, -0.05) is 4.57 Å². The molecule has 1 N–H and O–H groups in total. The number of carbonyl (C=O) groups excluding carboxylic acids is 2. The lowest BCUT2D eigenvalue weighted by Crippen LogP contribution is -2.14. The molecule has 0 saturated carbocycles. The van der Waals surface area contributed by atoms with E-state index in [0.29, 0.717) is 38.0 Å². The highest BCUT2D eigenvalue weighted by Gasteiger charge is 2.17. The molecule has 46 heavy (non-hydrogen) atoms. The van der Waals surface area contributed by atoms with Gasteiger partial charge in [0.2, 0.25) is 0 Å². The van der Waals surface area contributed by atoms with Crippen LogP contribution in [-0.4, -0.2) is 92.2 Å². The predicted octanol–water partition coefficient (Wildman–Crippen LogP) is 6.20. The second-order valence-corrected chi connectivity index (χ2v) is 19.1. The summed E-state index contributed by atoms with van der Waals surface area (Å²) in [5.74, 6) is -1.80. The van der Waals surface area contributed by atoms with E-state index in [9.17, 15) is 28.1 Å². The average Bonchev–Trinajstić information content (AvgIpc) is 2.90. The Morgan fingerprint density at radius 2 is 1.00 bits per heavy atom. The highest BCUT2D eigenvalue weighted by molar-refractivity contribution is 9.10. The first kappa shape index (κ1) is 45.3. The molecule has 0 radical (unpaired) electrons. The van der Waals surface area contributed by atoms with E-state index in [0.717, 1.165) is 5.69 Å². The molecule has 17 heteroatoms. The minimum absolute atomic E-state index is 0. The number of pyridine rings is 3. The lowest BCUT2D eigenvalue weighted by molar-refractivity contribution is 0.0591. The number of hydrogen-bond donors (Lipinski definition) is 1. The number of aryl methyl sites for hydroxylation is 3. The van der Waals surface area contributed by atoms with Crippen LogP contribution in [0.3, 0.4) is 0 Å². The van der Waals surface area contributed by atoms with Crippen molar-refractivity contribution in [1.82, 2.24) is 15.0 Å². The second-order valence-electron chi connectivity index (χ2n) is 10.3. The number of carbonyl (C=O) groups is 3. The maximum Gasteiger partial charge on any atom is 0.338 e. The Labute approximate surface area is 285 Å². The lowest BCUT2D eigenvalue weighted by Gasteiger charge is -2.08. The molecule has 0 unspecified atom stereocenters. The smallest absolute Gasteiger partial charge is 0.338 e. The van der Waals surface area contributed by atoms with Gasteiger partial charge >= 0.3 is 25.7 Å². The van der Waals surface area contributed by atoms with Crippen LogP contribution in [0.25, 0.3) is 0 Å². The van der Waals surface area contributed by atoms with Crippen molar-refractivity contribution in [3.63, 3.8) is 0 Å². The minimum atomic E-state index is -2.49. The first-order valence-electron chi connectivity index (χ1n) is 13.0. The molecule has 3 rings (SSSR count). The number of methoxy groups -OCH3 is 2. The molecular weight excluding hydrogens is 743 g/mol. The van der Waals surface area contributed by atoms with Crippen molar-refractivity contribution in [3.05, 3.63) is 74.8 Å². The van der Waals surface area contributed by atoms with E-state index in [4.69, 9.17) is 5.11 Å². The van der Waals surface area contributed by atoms with Gasteiger partial charge in [-0.25, -0.2) is 19.4 Å². The third-order valence-corrected chi connectivity index (χ3v) is 8.07. The topological polar surface area (TPSA) is 180 Å². The van der Waals surface area contributed by atoms with Gasteiger partial charge in [-0.05, 0) is 99.8 Å². The van der Waals surface area contributed by atoms with Gasteiger partial charge in [0.1, 0.15) is 43.1 Å². The van der Waals surface area contributed by atoms with Crippen molar-refractivity contribution >= 4 is 79.2 Å². The zero-order valence-corrected chi connectivity index (χ0v) is 32.7. The first-order chi connectivity index (χ1) is 20.5. The van der Waals surface area contributed by atoms with E-state index in [1.807, 2.05) is 6.92 Å². The molecule has 0 fully saturated rings. The van der Waals surface area contributed by atoms with Crippen molar-refractivity contribution in [1.29, 1.82) is 0 Å².